The fraction of sp³-hybridized carbons (Fsp3) is 0.154. The van der Waals surface area contributed by atoms with E-state index in [1.54, 1.807) is 80.8 Å². The van der Waals surface area contributed by atoms with Crippen LogP contribution in [0.1, 0.15) is 22.8 Å². The monoisotopic (exact) mass is 464 g/mol. The van der Waals surface area contributed by atoms with Crippen LogP contribution >= 0.6 is 11.6 Å². The minimum Gasteiger partial charge on any atom is -0.497 e. The second-order valence-corrected chi connectivity index (χ2v) is 7.60. The van der Waals surface area contributed by atoms with Gasteiger partial charge in [0.05, 0.1) is 24.7 Å². The Balaban J connectivity index is 1.75. The normalized spacial score (nSPS) is 10.8. The first-order chi connectivity index (χ1) is 16.0. The Morgan fingerprint density at radius 1 is 1.03 bits per heavy atom. The number of rotatable bonds is 7. The molecular weight excluding hydrogens is 444 g/mol. The Labute approximate surface area is 195 Å². The van der Waals surface area contributed by atoms with Gasteiger partial charge in [0.25, 0.3) is 0 Å². The number of carbonyl (C=O) groups excluding carboxylic acids is 1. The first-order valence-corrected chi connectivity index (χ1v) is 10.7. The number of benzene rings is 3. The molecule has 0 aliphatic rings. The molecule has 0 aliphatic carbocycles. The summed E-state index contributed by atoms with van der Waals surface area (Å²) in [7, 11) is 1.58. The maximum absolute atomic E-state index is 13.3. The number of hydrogen-bond acceptors (Lipinski definition) is 6. The number of hydrogen-bond donors (Lipinski definition) is 0. The van der Waals surface area contributed by atoms with Crippen molar-refractivity contribution in [2.45, 2.75) is 13.5 Å². The van der Waals surface area contributed by atoms with E-state index in [0.29, 0.717) is 44.2 Å². The second kappa shape index (κ2) is 9.79. The van der Waals surface area contributed by atoms with Gasteiger partial charge < -0.3 is 18.6 Å². The van der Waals surface area contributed by atoms with Crippen molar-refractivity contribution in [2.75, 3.05) is 13.7 Å². The van der Waals surface area contributed by atoms with Crippen LogP contribution in [0.15, 0.2) is 75.9 Å². The second-order valence-electron chi connectivity index (χ2n) is 7.17. The first-order valence-electron chi connectivity index (χ1n) is 10.3. The van der Waals surface area contributed by atoms with Crippen LogP contribution in [0.4, 0.5) is 0 Å². The molecule has 0 saturated carbocycles. The topological polar surface area (TPSA) is 75.0 Å². The number of fused-ring (bicyclic) bond motifs is 1. The van der Waals surface area contributed by atoms with Crippen LogP contribution in [-0.2, 0) is 11.3 Å². The number of carbonyl (C=O) groups is 1. The summed E-state index contributed by atoms with van der Waals surface area (Å²) in [4.78, 5) is 25.4. The van der Waals surface area contributed by atoms with E-state index in [1.165, 1.54) is 0 Å². The summed E-state index contributed by atoms with van der Waals surface area (Å²) in [5.74, 6) is 0.598. The molecule has 0 spiro atoms. The average Bonchev–Trinajstić information content (AvgIpc) is 2.84. The quantitative estimate of drug-likeness (QED) is 0.318. The summed E-state index contributed by atoms with van der Waals surface area (Å²) in [6, 6.07) is 18.8. The summed E-state index contributed by atoms with van der Waals surface area (Å²) in [5, 5.41) is 0.732. The van der Waals surface area contributed by atoms with E-state index in [0.717, 1.165) is 0 Å². The van der Waals surface area contributed by atoms with Gasteiger partial charge in [-0.05, 0) is 67.1 Å². The van der Waals surface area contributed by atoms with Crippen LogP contribution in [0.3, 0.4) is 0 Å². The lowest BCUT2D eigenvalue weighted by Gasteiger charge is -2.13. The molecule has 0 radical (unpaired) electrons. The van der Waals surface area contributed by atoms with E-state index >= 15 is 0 Å². The Morgan fingerprint density at radius 2 is 1.82 bits per heavy atom. The SMILES string of the molecule is CCOC(=O)c1cccc(COc2c(-c3ccc(OC)cc3)oc3ccc(Cl)cc3c2=O)c1. The van der Waals surface area contributed by atoms with Gasteiger partial charge in [-0.1, -0.05) is 23.7 Å². The third kappa shape index (κ3) is 4.86. The molecule has 3 aromatic carbocycles. The molecule has 168 valence electrons. The molecule has 1 aromatic heterocycles. The molecule has 0 aliphatic heterocycles. The highest BCUT2D eigenvalue weighted by atomic mass is 35.5. The molecular formula is C26H21ClO6. The first kappa shape index (κ1) is 22.4. The van der Waals surface area contributed by atoms with E-state index in [2.05, 4.69) is 0 Å². The van der Waals surface area contributed by atoms with Gasteiger partial charge in [0.2, 0.25) is 11.2 Å². The van der Waals surface area contributed by atoms with Gasteiger partial charge in [0, 0.05) is 10.6 Å². The Kier molecular flexibility index (Phi) is 6.66. The lowest BCUT2D eigenvalue weighted by molar-refractivity contribution is 0.0526. The molecule has 0 fully saturated rings. The lowest BCUT2D eigenvalue weighted by atomic mass is 10.1. The van der Waals surface area contributed by atoms with Gasteiger partial charge in [-0.15, -0.1) is 0 Å². The summed E-state index contributed by atoms with van der Waals surface area (Å²) in [6.07, 6.45) is 0. The zero-order valence-corrected chi connectivity index (χ0v) is 18.8. The number of ether oxygens (including phenoxy) is 3. The maximum Gasteiger partial charge on any atom is 0.338 e. The van der Waals surface area contributed by atoms with Crippen LogP contribution in [0.5, 0.6) is 11.5 Å². The predicted octanol–water partition coefficient (Wildman–Crippen LogP) is 5.88. The molecule has 7 heteroatoms. The number of halogens is 1. The van der Waals surface area contributed by atoms with Gasteiger partial charge in [-0.3, -0.25) is 4.79 Å². The molecule has 1 heterocycles. The van der Waals surface area contributed by atoms with Crippen molar-refractivity contribution in [3.8, 4) is 22.8 Å². The molecule has 4 aromatic rings. The Bertz CT molecular complexity index is 1360. The summed E-state index contributed by atoms with van der Waals surface area (Å²) in [6.45, 7) is 2.08. The van der Waals surface area contributed by atoms with Crippen molar-refractivity contribution in [1.82, 2.24) is 0 Å². The molecule has 0 bridgehead atoms. The largest absolute Gasteiger partial charge is 0.497 e. The van der Waals surface area contributed by atoms with Crippen molar-refractivity contribution in [3.63, 3.8) is 0 Å². The van der Waals surface area contributed by atoms with Crippen molar-refractivity contribution in [3.05, 3.63) is 93.1 Å². The van der Waals surface area contributed by atoms with Crippen LogP contribution in [0, 0.1) is 0 Å². The van der Waals surface area contributed by atoms with Crippen molar-refractivity contribution in [2.24, 2.45) is 0 Å². The molecule has 0 N–H and O–H groups in total. The van der Waals surface area contributed by atoms with Crippen LogP contribution in [0.25, 0.3) is 22.3 Å². The molecule has 0 atom stereocenters. The highest BCUT2D eigenvalue weighted by Crippen LogP contribution is 2.33. The van der Waals surface area contributed by atoms with Crippen LogP contribution in [0.2, 0.25) is 5.02 Å². The Hall–Kier alpha value is -3.77. The highest BCUT2D eigenvalue weighted by molar-refractivity contribution is 6.31. The summed E-state index contributed by atoms with van der Waals surface area (Å²) >= 11 is 6.10. The average molecular weight is 465 g/mol. The molecule has 6 nitrogen and oxygen atoms in total. The third-order valence-corrected chi connectivity index (χ3v) is 5.22. The predicted molar refractivity (Wildman–Crippen MR) is 126 cm³/mol. The molecule has 33 heavy (non-hydrogen) atoms. The van der Waals surface area contributed by atoms with Crippen LogP contribution in [-0.4, -0.2) is 19.7 Å². The highest BCUT2D eigenvalue weighted by Gasteiger charge is 2.19. The van der Waals surface area contributed by atoms with E-state index in [-0.39, 0.29) is 24.4 Å². The smallest absolute Gasteiger partial charge is 0.338 e. The molecule has 0 saturated heterocycles. The van der Waals surface area contributed by atoms with E-state index in [4.69, 9.17) is 30.2 Å². The maximum atomic E-state index is 13.3. The van der Waals surface area contributed by atoms with E-state index < -0.39 is 5.97 Å². The zero-order chi connectivity index (χ0) is 23.4. The Morgan fingerprint density at radius 3 is 2.55 bits per heavy atom. The van der Waals surface area contributed by atoms with Gasteiger partial charge in [0.15, 0.2) is 5.76 Å². The zero-order valence-electron chi connectivity index (χ0n) is 18.1. The van der Waals surface area contributed by atoms with Crippen molar-refractivity contribution >= 4 is 28.5 Å². The molecule has 0 amide bonds. The van der Waals surface area contributed by atoms with E-state index in [9.17, 15) is 9.59 Å². The fourth-order valence-corrected chi connectivity index (χ4v) is 3.54. The summed E-state index contributed by atoms with van der Waals surface area (Å²) < 4.78 is 22.3. The van der Waals surface area contributed by atoms with E-state index in [1.807, 2.05) is 0 Å². The van der Waals surface area contributed by atoms with Gasteiger partial charge in [-0.25, -0.2) is 4.79 Å². The fourth-order valence-electron chi connectivity index (χ4n) is 3.37. The lowest BCUT2D eigenvalue weighted by Crippen LogP contribution is -2.11. The van der Waals surface area contributed by atoms with Gasteiger partial charge in [-0.2, -0.15) is 0 Å². The summed E-state index contributed by atoms with van der Waals surface area (Å²) in [5.41, 5.74) is 1.82. The minimum atomic E-state index is -0.418. The molecule has 4 rings (SSSR count). The minimum absolute atomic E-state index is 0.0488. The molecule has 0 unspecified atom stereocenters. The number of esters is 1. The van der Waals surface area contributed by atoms with Crippen LogP contribution < -0.4 is 14.9 Å². The third-order valence-electron chi connectivity index (χ3n) is 4.98. The van der Waals surface area contributed by atoms with Gasteiger partial charge >= 0.3 is 5.97 Å². The van der Waals surface area contributed by atoms with Crippen molar-refractivity contribution < 1.29 is 23.4 Å². The number of methoxy groups -OCH3 is 1. The standard InChI is InChI=1S/C26H21ClO6/c1-3-31-26(29)18-6-4-5-16(13-18)15-32-25-23(28)21-14-19(27)9-12-22(21)33-24(25)17-7-10-20(30-2)11-8-17/h4-14H,3,15H2,1-2H3. The van der Waals surface area contributed by atoms with Crippen molar-refractivity contribution in [1.29, 1.82) is 0 Å². The van der Waals surface area contributed by atoms with Gasteiger partial charge in [0.1, 0.15) is 17.9 Å².